The summed E-state index contributed by atoms with van der Waals surface area (Å²) in [6, 6.07) is 8.94. The maximum atomic E-state index is 3.95. The largest absolute Gasteiger partial charge is 0.316 e. The first-order valence-electron chi connectivity index (χ1n) is 5.18. The van der Waals surface area contributed by atoms with Crippen molar-refractivity contribution < 1.29 is 0 Å². The minimum absolute atomic E-state index is 0.483. The predicted molar refractivity (Wildman–Crippen MR) is 70.1 cm³/mol. The first-order chi connectivity index (χ1) is 7.11. The molecular formula is C13H18BrN. The lowest BCUT2D eigenvalue weighted by Crippen LogP contribution is -2.27. The van der Waals surface area contributed by atoms with Gasteiger partial charge in [0.25, 0.3) is 0 Å². The van der Waals surface area contributed by atoms with Gasteiger partial charge in [0.1, 0.15) is 0 Å². The predicted octanol–water partition coefficient (Wildman–Crippen LogP) is 3.55. The Morgan fingerprint density at radius 3 is 2.80 bits per heavy atom. The molecule has 0 aliphatic heterocycles. The second-order valence-corrected chi connectivity index (χ2v) is 4.90. The van der Waals surface area contributed by atoms with Crippen LogP contribution in [0.3, 0.4) is 0 Å². The molecule has 0 spiro atoms. The summed E-state index contributed by atoms with van der Waals surface area (Å²) < 4.78 is 1.14. The van der Waals surface area contributed by atoms with Crippen LogP contribution in [0, 0.1) is 0 Å². The van der Waals surface area contributed by atoms with Crippen LogP contribution in [0.4, 0.5) is 0 Å². The average molecular weight is 268 g/mol. The zero-order valence-electron chi connectivity index (χ0n) is 9.39. The standard InChI is InChI=1S/C13H18BrN/c1-10(2)7-13(15-3)9-11-5-4-6-12(14)8-11/h4-6,8,13,15H,1,7,9H2,2-3H3. The highest BCUT2D eigenvalue weighted by molar-refractivity contribution is 9.10. The van der Waals surface area contributed by atoms with Gasteiger partial charge in [-0.15, -0.1) is 6.58 Å². The molecule has 1 aromatic rings. The van der Waals surface area contributed by atoms with E-state index in [4.69, 9.17) is 0 Å². The molecule has 0 saturated heterocycles. The van der Waals surface area contributed by atoms with E-state index in [1.807, 2.05) is 7.05 Å². The van der Waals surface area contributed by atoms with E-state index in [0.29, 0.717) is 6.04 Å². The molecule has 0 aliphatic rings. The summed E-state index contributed by atoms with van der Waals surface area (Å²) in [6.07, 6.45) is 2.08. The van der Waals surface area contributed by atoms with E-state index in [1.165, 1.54) is 11.1 Å². The number of nitrogens with one attached hydrogen (secondary N) is 1. The van der Waals surface area contributed by atoms with Crippen LogP contribution in [0.25, 0.3) is 0 Å². The molecule has 15 heavy (non-hydrogen) atoms. The Bertz CT molecular complexity index is 333. The van der Waals surface area contributed by atoms with E-state index in [-0.39, 0.29) is 0 Å². The molecule has 0 aromatic heterocycles. The number of hydrogen-bond donors (Lipinski definition) is 1. The van der Waals surface area contributed by atoms with Crippen LogP contribution >= 0.6 is 15.9 Å². The van der Waals surface area contributed by atoms with Crippen LogP contribution < -0.4 is 5.32 Å². The molecule has 0 bridgehead atoms. The van der Waals surface area contributed by atoms with Crippen LogP contribution in [0.2, 0.25) is 0 Å². The Balaban J connectivity index is 2.62. The third-order valence-corrected chi connectivity index (χ3v) is 2.87. The lowest BCUT2D eigenvalue weighted by atomic mass is 10.0. The molecule has 1 nitrogen and oxygen atoms in total. The van der Waals surface area contributed by atoms with Gasteiger partial charge in [0.05, 0.1) is 0 Å². The van der Waals surface area contributed by atoms with Gasteiger partial charge < -0.3 is 5.32 Å². The first-order valence-corrected chi connectivity index (χ1v) is 5.97. The van der Waals surface area contributed by atoms with Crippen molar-refractivity contribution in [2.45, 2.75) is 25.8 Å². The monoisotopic (exact) mass is 267 g/mol. The number of hydrogen-bond acceptors (Lipinski definition) is 1. The van der Waals surface area contributed by atoms with Gasteiger partial charge in [0.2, 0.25) is 0 Å². The fourth-order valence-electron chi connectivity index (χ4n) is 1.65. The van der Waals surface area contributed by atoms with Crippen molar-refractivity contribution in [2.75, 3.05) is 7.05 Å². The van der Waals surface area contributed by atoms with E-state index in [9.17, 15) is 0 Å². The number of rotatable bonds is 5. The second-order valence-electron chi connectivity index (χ2n) is 3.98. The Morgan fingerprint density at radius 2 is 2.27 bits per heavy atom. The summed E-state index contributed by atoms with van der Waals surface area (Å²) in [7, 11) is 2.01. The van der Waals surface area contributed by atoms with E-state index in [2.05, 4.69) is 59.0 Å². The molecular weight excluding hydrogens is 250 g/mol. The van der Waals surface area contributed by atoms with Crippen LogP contribution in [-0.2, 0) is 6.42 Å². The molecule has 2 heteroatoms. The molecule has 1 aromatic carbocycles. The normalized spacial score (nSPS) is 12.5. The Labute approximate surface area is 101 Å². The molecule has 0 radical (unpaired) electrons. The molecule has 1 unspecified atom stereocenters. The zero-order chi connectivity index (χ0) is 11.3. The van der Waals surface area contributed by atoms with Gasteiger partial charge in [-0.05, 0) is 44.5 Å². The molecule has 1 atom stereocenters. The quantitative estimate of drug-likeness (QED) is 0.805. The van der Waals surface area contributed by atoms with Crippen LogP contribution in [-0.4, -0.2) is 13.1 Å². The highest BCUT2D eigenvalue weighted by Gasteiger charge is 2.07. The minimum atomic E-state index is 0.483. The fraction of sp³-hybridized carbons (Fsp3) is 0.385. The third kappa shape index (κ3) is 4.63. The Hall–Kier alpha value is -0.600. The van der Waals surface area contributed by atoms with Crippen molar-refractivity contribution in [3.05, 3.63) is 46.5 Å². The maximum absolute atomic E-state index is 3.95. The summed E-state index contributed by atoms with van der Waals surface area (Å²) in [6.45, 7) is 6.03. The Kier molecular flexibility index (Phi) is 5.06. The fourth-order valence-corrected chi connectivity index (χ4v) is 2.09. The molecule has 1 rings (SSSR count). The third-order valence-electron chi connectivity index (χ3n) is 2.37. The van der Waals surface area contributed by atoms with E-state index >= 15 is 0 Å². The summed E-state index contributed by atoms with van der Waals surface area (Å²) in [5.74, 6) is 0. The maximum Gasteiger partial charge on any atom is 0.0178 e. The lowest BCUT2D eigenvalue weighted by Gasteiger charge is -2.16. The van der Waals surface area contributed by atoms with Gasteiger partial charge in [-0.2, -0.15) is 0 Å². The highest BCUT2D eigenvalue weighted by Crippen LogP contribution is 2.15. The van der Waals surface area contributed by atoms with E-state index in [0.717, 1.165) is 17.3 Å². The molecule has 82 valence electrons. The van der Waals surface area contributed by atoms with Gasteiger partial charge in [-0.1, -0.05) is 33.6 Å². The Morgan fingerprint density at radius 1 is 1.53 bits per heavy atom. The average Bonchev–Trinajstić information content (AvgIpc) is 2.16. The molecule has 0 amide bonds. The van der Waals surface area contributed by atoms with Gasteiger partial charge in [0.15, 0.2) is 0 Å². The first kappa shape index (κ1) is 12.5. The molecule has 0 saturated carbocycles. The summed E-state index contributed by atoms with van der Waals surface area (Å²) in [4.78, 5) is 0. The molecule has 0 fully saturated rings. The number of halogens is 1. The molecule has 0 heterocycles. The van der Waals surface area contributed by atoms with Gasteiger partial charge in [-0.3, -0.25) is 0 Å². The van der Waals surface area contributed by atoms with Gasteiger partial charge in [0, 0.05) is 10.5 Å². The summed E-state index contributed by atoms with van der Waals surface area (Å²) in [5, 5.41) is 3.33. The van der Waals surface area contributed by atoms with Gasteiger partial charge in [-0.25, -0.2) is 0 Å². The van der Waals surface area contributed by atoms with Crippen LogP contribution in [0.15, 0.2) is 40.9 Å². The summed E-state index contributed by atoms with van der Waals surface area (Å²) >= 11 is 3.49. The molecule has 0 aliphatic carbocycles. The van der Waals surface area contributed by atoms with Crippen molar-refractivity contribution >= 4 is 15.9 Å². The summed E-state index contributed by atoms with van der Waals surface area (Å²) in [5.41, 5.74) is 2.58. The second kappa shape index (κ2) is 6.09. The molecule has 1 N–H and O–H groups in total. The smallest absolute Gasteiger partial charge is 0.0178 e. The van der Waals surface area contributed by atoms with E-state index in [1.54, 1.807) is 0 Å². The lowest BCUT2D eigenvalue weighted by molar-refractivity contribution is 0.555. The number of likely N-dealkylation sites (N-methyl/N-ethyl adjacent to an activating group) is 1. The SMILES string of the molecule is C=C(C)CC(Cc1cccc(Br)c1)NC. The van der Waals surface area contributed by atoms with Crippen molar-refractivity contribution in [2.24, 2.45) is 0 Å². The van der Waals surface area contributed by atoms with Crippen molar-refractivity contribution in [1.82, 2.24) is 5.32 Å². The van der Waals surface area contributed by atoms with E-state index < -0.39 is 0 Å². The van der Waals surface area contributed by atoms with Gasteiger partial charge >= 0.3 is 0 Å². The van der Waals surface area contributed by atoms with Crippen molar-refractivity contribution in [1.29, 1.82) is 0 Å². The van der Waals surface area contributed by atoms with Crippen molar-refractivity contribution in [3.63, 3.8) is 0 Å². The highest BCUT2D eigenvalue weighted by atomic mass is 79.9. The minimum Gasteiger partial charge on any atom is -0.316 e. The zero-order valence-corrected chi connectivity index (χ0v) is 11.0. The number of benzene rings is 1. The van der Waals surface area contributed by atoms with Crippen molar-refractivity contribution in [3.8, 4) is 0 Å². The van der Waals surface area contributed by atoms with Crippen LogP contribution in [0.1, 0.15) is 18.9 Å². The van der Waals surface area contributed by atoms with Crippen LogP contribution in [0.5, 0.6) is 0 Å². The topological polar surface area (TPSA) is 12.0 Å².